The molecule has 2 saturated heterocycles. The number of piperazine rings is 1. The van der Waals surface area contributed by atoms with Gasteiger partial charge in [-0.3, -0.25) is 14.8 Å². The van der Waals surface area contributed by atoms with Crippen LogP contribution in [0.2, 0.25) is 10.2 Å². The summed E-state index contributed by atoms with van der Waals surface area (Å²) in [6, 6.07) is 9.01. The topological polar surface area (TPSA) is 99.6 Å². The molecule has 0 bridgehead atoms. The predicted molar refractivity (Wildman–Crippen MR) is 158 cm³/mol. The molecule has 2 aromatic heterocycles. The van der Waals surface area contributed by atoms with Gasteiger partial charge in [-0.05, 0) is 70.8 Å². The molecular weight excluding hydrogens is 553 g/mol. The number of carbonyl (C=O) groups excluding carboxylic acids is 1. The van der Waals surface area contributed by atoms with Gasteiger partial charge < -0.3 is 9.64 Å². The van der Waals surface area contributed by atoms with Crippen LogP contribution in [0.5, 0.6) is 0 Å². The molecular formula is C28H37Cl2N7O3. The number of hydrogen-bond acceptors (Lipinski definition) is 8. The Morgan fingerprint density at radius 3 is 2.42 bits per heavy atom. The van der Waals surface area contributed by atoms with Crippen LogP contribution >= 0.6 is 23.2 Å². The van der Waals surface area contributed by atoms with Crippen molar-refractivity contribution >= 4 is 46.4 Å². The van der Waals surface area contributed by atoms with Crippen molar-refractivity contribution in [2.75, 3.05) is 37.6 Å². The van der Waals surface area contributed by atoms with Crippen LogP contribution in [0.4, 0.5) is 10.6 Å². The van der Waals surface area contributed by atoms with Crippen LogP contribution in [0.1, 0.15) is 52.5 Å². The first-order valence-corrected chi connectivity index (χ1v) is 14.7. The summed E-state index contributed by atoms with van der Waals surface area (Å²) >= 11 is 12.6. The van der Waals surface area contributed by atoms with E-state index < -0.39 is 17.4 Å². The van der Waals surface area contributed by atoms with Crippen LogP contribution in [0, 0.1) is 0 Å². The molecule has 216 valence electrons. The second-order valence-electron chi connectivity index (χ2n) is 11.6. The Balaban J connectivity index is 1.25. The fraction of sp³-hybridized carbons (Fsp3) is 0.571. The van der Waals surface area contributed by atoms with E-state index in [2.05, 4.69) is 48.7 Å². The predicted octanol–water partition coefficient (Wildman–Crippen LogP) is 4.77. The van der Waals surface area contributed by atoms with Crippen LogP contribution < -0.4 is 10.6 Å². The lowest BCUT2D eigenvalue weighted by atomic mass is 9.98. The number of aromatic amines is 1. The minimum Gasteiger partial charge on any atom is -0.443 e. The largest absolute Gasteiger partial charge is 0.443 e. The van der Waals surface area contributed by atoms with Crippen molar-refractivity contribution in [2.24, 2.45) is 0 Å². The van der Waals surface area contributed by atoms with Crippen LogP contribution in [-0.4, -0.2) is 85.8 Å². The number of aromatic nitrogens is 4. The summed E-state index contributed by atoms with van der Waals surface area (Å²) < 4.78 is 6.21. The lowest BCUT2D eigenvalue weighted by Gasteiger charge is -2.47. The molecule has 2 fully saturated rings. The zero-order valence-corrected chi connectivity index (χ0v) is 25.0. The number of H-pyrrole nitrogens is 1. The van der Waals surface area contributed by atoms with Crippen molar-refractivity contribution in [3.05, 3.63) is 50.5 Å². The zero-order chi connectivity index (χ0) is 28.6. The Labute approximate surface area is 244 Å². The monoisotopic (exact) mass is 589 g/mol. The van der Waals surface area contributed by atoms with E-state index in [1.54, 1.807) is 20.8 Å². The number of anilines is 1. The standard InChI is InChI=1S/C28H37Cl2N7O3/c1-5-20-17-35(14-15-36(20)21-10-12-34(13-11-21)16-18-6-8-19(29)9-7-18)24-22(30)31-25-23(32-24)33-26(38)37(25)27(39)40-28(2,3)4/h6-9,20-21H,5,10-17H2,1-4H3,(H,32,33,38)/t20-/m0/s1. The molecule has 2 aliphatic rings. The minimum absolute atomic E-state index is 0.0593. The lowest BCUT2D eigenvalue weighted by Crippen LogP contribution is -2.58. The van der Waals surface area contributed by atoms with Crippen molar-refractivity contribution in [1.29, 1.82) is 0 Å². The van der Waals surface area contributed by atoms with E-state index in [0.29, 0.717) is 17.9 Å². The number of nitrogens with zero attached hydrogens (tertiary/aromatic N) is 6. The first-order valence-electron chi connectivity index (χ1n) is 13.9. The SMILES string of the molecule is CC[C@H]1CN(c2nc3[nH]c(=O)n(C(=O)OC(C)(C)C)c3nc2Cl)CCN1C1CCN(Cc2ccc(Cl)cc2)CC1. The maximum absolute atomic E-state index is 12.6. The highest BCUT2D eigenvalue weighted by molar-refractivity contribution is 6.32. The van der Waals surface area contributed by atoms with Gasteiger partial charge in [-0.2, -0.15) is 4.57 Å². The third-order valence-electron chi connectivity index (χ3n) is 7.68. The molecule has 0 spiro atoms. The summed E-state index contributed by atoms with van der Waals surface area (Å²) in [7, 11) is 0. The number of piperidine rings is 1. The van der Waals surface area contributed by atoms with Gasteiger partial charge in [-0.1, -0.05) is 42.3 Å². The summed E-state index contributed by atoms with van der Waals surface area (Å²) in [6.45, 7) is 12.9. The van der Waals surface area contributed by atoms with E-state index in [4.69, 9.17) is 27.9 Å². The summed E-state index contributed by atoms with van der Waals surface area (Å²) in [5.41, 5.74) is 0.138. The van der Waals surface area contributed by atoms with Crippen LogP contribution in [-0.2, 0) is 11.3 Å². The van der Waals surface area contributed by atoms with Gasteiger partial charge in [-0.15, -0.1) is 0 Å². The van der Waals surface area contributed by atoms with Crippen molar-refractivity contribution in [2.45, 2.75) is 71.2 Å². The van der Waals surface area contributed by atoms with Gasteiger partial charge in [0.1, 0.15) is 5.60 Å². The zero-order valence-electron chi connectivity index (χ0n) is 23.5. The van der Waals surface area contributed by atoms with E-state index in [1.807, 2.05) is 12.1 Å². The van der Waals surface area contributed by atoms with Gasteiger partial charge >= 0.3 is 11.8 Å². The molecule has 0 saturated carbocycles. The summed E-state index contributed by atoms with van der Waals surface area (Å²) in [5.74, 6) is 0.516. The van der Waals surface area contributed by atoms with Gasteiger partial charge in [0.2, 0.25) is 0 Å². The Bertz CT molecular complexity index is 1410. The van der Waals surface area contributed by atoms with Crippen molar-refractivity contribution in [3.8, 4) is 0 Å². The number of hydrogen-bond donors (Lipinski definition) is 1. The van der Waals surface area contributed by atoms with Gasteiger partial charge in [0.25, 0.3) is 0 Å². The Hall–Kier alpha value is -2.66. The number of benzene rings is 1. The van der Waals surface area contributed by atoms with E-state index >= 15 is 0 Å². The Morgan fingerprint density at radius 2 is 1.77 bits per heavy atom. The fourth-order valence-electron chi connectivity index (χ4n) is 5.73. The smallest absolute Gasteiger partial charge is 0.424 e. The van der Waals surface area contributed by atoms with Crippen LogP contribution in [0.15, 0.2) is 29.1 Å². The minimum atomic E-state index is -0.819. The molecule has 10 nitrogen and oxygen atoms in total. The third kappa shape index (κ3) is 6.30. The molecule has 2 aliphatic heterocycles. The average molecular weight is 591 g/mol. The van der Waals surface area contributed by atoms with E-state index in [-0.39, 0.29) is 16.4 Å². The maximum Gasteiger partial charge on any atom is 0.424 e. The van der Waals surface area contributed by atoms with Gasteiger partial charge in [0.05, 0.1) is 0 Å². The molecule has 1 aromatic carbocycles. The van der Waals surface area contributed by atoms with Gasteiger partial charge in [0.15, 0.2) is 22.3 Å². The second kappa shape index (κ2) is 11.7. The quantitative estimate of drug-likeness (QED) is 0.454. The molecule has 0 radical (unpaired) electrons. The molecule has 1 atom stereocenters. The number of likely N-dealkylation sites (tertiary alicyclic amines) is 1. The number of fused-ring (bicyclic) bond motifs is 1. The van der Waals surface area contributed by atoms with Crippen LogP contribution in [0.25, 0.3) is 11.3 Å². The molecule has 12 heteroatoms. The van der Waals surface area contributed by atoms with Crippen molar-refractivity contribution < 1.29 is 9.53 Å². The third-order valence-corrected chi connectivity index (χ3v) is 8.18. The first kappa shape index (κ1) is 28.9. The highest BCUT2D eigenvalue weighted by Crippen LogP contribution is 2.30. The molecule has 4 heterocycles. The van der Waals surface area contributed by atoms with E-state index in [9.17, 15) is 9.59 Å². The Morgan fingerprint density at radius 1 is 1.07 bits per heavy atom. The number of carbonyl (C=O) groups is 1. The highest BCUT2D eigenvalue weighted by atomic mass is 35.5. The Kier molecular flexibility index (Phi) is 8.42. The number of ether oxygens (including phenoxy) is 1. The molecule has 1 N–H and O–H groups in total. The number of nitrogens with one attached hydrogen (secondary N) is 1. The van der Waals surface area contributed by atoms with Gasteiger partial charge in [-0.25, -0.2) is 19.6 Å². The second-order valence-corrected chi connectivity index (χ2v) is 12.4. The lowest BCUT2D eigenvalue weighted by molar-refractivity contribution is 0.0537. The molecule has 3 aromatic rings. The first-order chi connectivity index (χ1) is 19.0. The number of imidazole rings is 1. The average Bonchev–Trinajstić information content (AvgIpc) is 3.23. The maximum atomic E-state index is 12.6. The summed E-state index contributed by atoms with van der Waals surface area (Å²) in [5, 5.41) is 0.925. The molecule has 5 rings (SSSR count). The van der Waals surface area contributed by atoms with Gasteiger partial charge in [0, 0.05) is 43.3 Å². The summed E-state index contributed by atoms with van der Waals surface area (Å²) in [6.07, 6.45) is 2.45. The summed E-state index contributed by atoms with van der Waals surface area (Å²) in [4.78, 5) is 44.2. The molecule has 0 amide bonds. The van der Waals surface area contributed by atoms with Crippen molar-refractivity contribution in [1.82, 2.24) is 29.3 Å². The fourth-order valence-corrected chi connectivity index (χ4v) is 6.10. The molecule has 40 heavy (non-hydrogen) atoms. The van der Waals surface area contributed by atoms with E-state index in [0.717, 1.165) is 68.1 Å². The van der Waals surface area contributed by atoms with Crippen LogP contribution in [0.3, 0.4) is 0 Å². The highest BCUT2D eigenvalue weighted by Gasteiger charge is 2.34. The number of rotatable bonds is 5. The number of halogens is 2. The normalized spacial score (nSPS) is 19.9. The molecule has 0 unspecified atom stereocenters. The van der Waals surface area contributed by atoms with E-state index in [1.165, 1.54) is 5.56 Å². The molecule has 0 aliphatic carbocycles. The van der Waals surface area contributed by atoms with Crippen molar-refractivity contribution in [3.63, 3.8) is 0 Å².